The van der Waals surface area contributed by atoms with Crippen molar-refractivity contribution in [3.8, 4) is 0 Å². The van der Waals surface area contributed by atoms with Gasteiger partial charge in [-0.25, -0.2) is 23.4 Å². The van der Waals surface area contributed by atoms with Gasteiger partial charge in [-0.05, 0) is 31.9 Å². The van der Waals surface area contributed by atoms with E-state index in [-0.39, 0.29) is 45.8 Å². The van der Waals surface area contributed by atoms with Crippen molar-refractivity contribution in [1.29, 1.82) is 0 Å². The van der Waals surface area contributed by atoms with Gasteiger partial charge in [0.05, 0.1) is 17.3 Å². The van der Waals surface area contributed by atoms with Crippen molar-refractivity contribution in [3.05, 3.63) is 35.8 Å². The lowest BCUT2D eigenvalue weighted by Gasteiger charge is -2.35. The number of piperazine rings is 1. The number of sulfonamides is 1. The molecule has 2 N–H and O–H groups in total. The molecule has 0 radical (unpaired) electrons. The van der Waals surface area contributed by atoms with E-state index in [4.69, 9.17) is 0 Å². The number of carbonyl (C=O) groups excluding carboxylic acids is 1. The molecule has 0 bridgehead atoms. The first-order valence-electron chi connectivity index (χ1n) is 12.5. The van der Waals surface area contributed by atoms with Crippen LogP contribution in [0.5, 0.6) is 0 Å². The largest absolute Gasteiger partial charge is 0.418 e. The normalized spacial score (nSPS) is 18.3. The SMILES string of the molecule is CC(=O)Nc1ncc(S(=O)(=O)N2CCN(CC(C)Nc3nc(C4CC4)nc4c(C(F)(F)F)cccc34)CC2)s1. The fourth-order valence-corrected chi connectivity index (χ4v) is 7.22. The number of alkyl halides is 3. The summed E-state index contributed by atoms with van der Waals surface area (Å²) in [4.78, 5) is 26.2. The van der Waals surface area contributed by atoms with Gasteiger partial charge in [0.2, 0.25) is 5.91 Å². The first kappa shape index (κ1) is 27.7. The van der Waals surface area contributed by atoms with Crippen LogP contribution in [0.3, 0.4) is 0 Å². The number of anilines is 2. The van der Waals surface area contributed by atoms with Gasteiger partial charge < -0.3 is 10.6 Å². The van der Waals surface area contributed by atoms with Crippen LogP contribution >= 0.6 is 11.3 Å². The van der Waals surface area contributed by atoms with E-state index in [1.54, 1.807) is 6.07 Å². The number of fused-ring (bicyclic) bond motifs is 1. The van der Waals surface area contributed by atoms with Crippen LogP contribution in [-0.2, 0) is 21.0 Å². The van der Waals surface area contributed by atoms with E-state index in [1.165, 1.54) is 23.5 Å². The van der Waals surface area contributed by atoms with Crippen LogP contribution in [0.4, 0.5) is 24.1 Å². The Kier molecular flexibility index (Phi) is 7.52. The highest BCUT2D eigenvalue weighted by atomic mass is 32.2. The van der Waals surface area contributed by atoms with Crippen molar-refractivity contribution >= 4 is 49.1 Å². The van der Waals surface area contributed by atoms with Gasteiger partial charge in [-0.1, -0.05) is 17.4 Å². The average Bonchev–Trinajstić information content (AvgIpc) is 3.61. The molecule has 39 heavy (non-hydrogen) atoms. The smallest absolute Gasteiger partial charge is 0.366 e. The highest BCUT2D eigenvalue weighted by molar-refractivity contribution is 7.91. The highest BCUT2D eigenvalue weighted by Gasteiger charge is 2.36. The number of nitrogens with one attached hydrogen (secondary N) is 2. The average molecular weight is 584 g/mol. The number of hydrogen-bond acceptors (Lipinski definition) is 9. The highest BCUT2D eigenvalue weighted by Crippen LogP contribution is 2.41. The molecule has 10 nitrogen and oxygen atoms in total. The third-order valence-corrected chi connectivity index (χ3v) is 9.85. The van der Waals surface area contributed by atoms with Gasteiger partial charge in [-0.15, -0.1) is 0 Å². The van der Waals surface area contributed by atoms with Crippen molar-refractivity contribution in [3.63, 3.8) is 0 Å². The summed E-state index contributed by atoms with van der Waals surface area (Å²) in [6.07, 6.45) is -1.56. The standard InChI is InChI=1S/C24H28F3N7O3S2/c1-14(13-33-8-10-34(11-9-33)39(36,37)19-12-28-23(38-19)30-15(2)35)29-22-17-4-3-5-18(24(25,26)27)20(17)31-21(32-22)16-6-7-16/h3-5,12,14,16H,6-11,13H2,1-2H3,(H,28,30,35)(H,29,31,32). The number of hydrogen-bond donors (Lipinski definition) is 2. The monoisotopic (exact) mass is 583 g/mol. The molecular weight excluding hydrogens is 555 g/mol. The van der Waals surface area contributed by atoms with E-state index in [0.29, 0.717) is 36.7 Å². The second-order valence-electron chi connectivity index (χ2n) is 9.82. The van der Waals surface area contributed by atoms with Crippen molar-refractivity contribution in [2.24, 2.45) is 0 Å². The maximum absolute atomic E-state index is 13.7. The van der Waals surface area contributed by atoms with Crippen LogP contribution in [-0.4, -0.2) is 77.2 Å². The second kappa shape index (κ2) is 10.6. The van der Waals surface area contributed by atoms with Crippen molar-refractivity contribution in [1.82, 2.24) is 24.2 Å². The lowest BCUT2D eigenvalue weighted by molar-refractivity contribution is -0.136. The second-order valence-corrected chi connectivity index (χ2v) is 13.0. The molecule has 1 unspecified atom stereocenters. The molecule has 15 heteroatoms. The summed E-state index contributed by atoms with van der Waals surface area (Å²) in [5.41, 5.74) is -0.873. The molecular formula is C24H28F3N7O3S2. The predicted molar refractivity (Wildman–Crippen MR) is 141 cm³/mol. The van der Waals surface area contributed by atoms with Crippen LogP contribution in [0.2, 0.25) is 0 Å². The number of rotatable bonds is 8. The Hall–Kier alpha value is -2.88. The molecule has 1 aromatic carbocycles. The zero-order valence-electron chi connectivity index (χ0n) is 21.3. The van der Waals surface area contributed by atoms with Crippen molar-refractivity contribution in [2.75, 3.05) is 43.4 Å². The van der Waals surface area contributed by atoms with Gasteiger partial charge >= 0.3 is 6.18 Å². The number of carbonyl (C=O) groups is 1. The molecule has 1 amide bonds. The molecule has 1 saturated heterocycles. The van der Waals surface area contributed by atoms with Gasteiger partial charge in [0, 0.05) is 57.0 Å². The Balaban J connectivity index is 1.25. The third-order valence-electron chi connectivity index (χ3n) is 6.60. The Labute approximate surface area is 227 Å². The molecule has 210 valence electrons. The van der Waals surface area contributed by atoms with E-state index < -0.39 is 21.8 Å². The summed E-state index contributed by atoms with van der Waals surface area (Å²) in [5.74, 6) is 0.554. The van der Waals surface area contributed by atoms with Gasteiger partial charge in [0.15, 0.2) is 9.34 Å². The van der Waals surface area contributed by atoms with Crippen molar-refractivity contribution < 1.29 is 26.4 Å². The topological polar surface area (TPSA) is 120 Å². The molecule has 5 rings (SSSR count). The summed E-state index contributed by atoms with van der Waals surface area (Å²) >= 11 is 0.907. The summed E-state index contributed by atoms with van der Waals surface area (Å²) < 4.78 is 68.6. The number of aromatic nitrogens is 3. The molecule has 1 aliphatic heterocycles. The molecule has 2 aliphatic rings. The zero-order chi connectivity index (χ0) is 27.9. The van der Waals surface area contributed by atoms with Crippen molar-refractivity contribution in [2.45, 2.75) is 49.0 Å². The zero-order valence-corrected chi connectivity index (χ0v) is 23.0. The molecule has 3 aromatic rings. The van der Waals surface area contributed by atoms with Gasteiger partial charge in [0.1, 0.15) is 11.6 Å². The molecule has 2 fully saturated rings. The van der Waals surface area contributed by atoms with Crippen LogP contribution in [0.25, 0.3) is 10.9 Å². The Morgan fingerprint density at radius 3 is 2.54 bits per heavy atom. The van der Waals surface area contributed by atoms with Crippen LogP contribution < -0.4 is 10.6 Å². The fraction of sp³-hybridized carbons (Fsp3) is 0.500. The Morgan fingerprint density at radius 2 is 1.90 bits per heavy atom. The van der Waals surface area contributed by atoms with E-state index in [9.17, 15) is 26.4 Å². The summed E-state index contributed by atoms with van der Waals surface area (Å²) in [7, 11) is -3.74. The molecule has 1 saturated carbocycles. The van der Waals surface area contributed by atoms with Gasteiger partial charge in [-0.2, -0.15) is 17.5 Å². The molecule has 2 aromatic heterocycles. The predicted octanol–water partition coefficient (Wildman–Crippen LogP) is 3.75. The fourth-order valence-electron chi connectivity index (χ4n) is 4.57. The van der Waals surface area contributed by atoms with E-state index in [1.807, 2.05) is 6.92 Å². The van der Waals surface area contributed by atoms with E-state index >= 15 is 0 Å². The maximum Gasteiger partial charge on any atom is 0.418 e. The quantitative estimate of drug-likeness (QED) is 0.412. The number of halogens is 3. The first-order chi connectivity index (χ1) is 18.4. The minimum absolute atomic E-state index is 0.0649. The number of amides is 1. The first-order valence-corrected chi connectivity index (χ1v) is 14.8. The molecule has 1 atom stereocenters. The van der Waals surface area contributed by atoms with Crippen LogP contribution in [0.15, 0.2) is 28.6 Å². The lowest BCUT2D eigenvalue weighted by atomic mass is 10.1. The molecule has 0 spiro atoms. The number of nitrogens with zero attached hydrogens (tertiary/aromatic N) is 5. The number of benzene rings is 1. The number of para-hydroxylation sites is 1. The lowest BCUT2D eigenvalue weighted by Crippen LogP contribution is -2.50. The van der Waals surface area contributed by atoms with Gasteiger partial charge in [0.25, 0.3) is 10.0 Å². The maximum atomic E-state index is 13.7. The number of thiazole rings is 1. The Bertz CT molecular complexity index is 1480. The third kappa shape index (κ3) is 6.15. The molecule has 1 aliphatic carbocycles. The van der Waals surface area contributed by atoms with Gasteiger partial charge in [-0.3, -0.25) is 9.69 Å². The minimum atomic E-state index is -4.53. The summed E-state index contributed by atoms with van der Waals surface area (Å²) in [6.45, 7) is 5.31. The van der Waals surface area contributed by atoms with Crippen LogP contribution in [0.1, 0.15) is 44.0 Å². The Morgan fingerprint density at radius 1 is 1.18 bits per heavy atom. The summed E-state index contributed by atoms with van der Waals surface area (Å²) in [5, 5.41) is 6.32. The summed E-state index contributed by atoms with van der Waals surface area (Å²) in [6, 6.07) is 3.83. The van der Waals surface area contributed by atoms with E-state index in [0.717, 1.165) is 30.2 Å². The molecule has 3 heterocycles. The van der Waals surface area contributed by atoms with Crippen LogP contribution in [0, 0.1) is 0 Å². The van der Waals surface area contributed by atoms with E-state index in [2.05, 4.69) is 30.5 Å². The minimum Gasteiger partial charge on any atom is -0.366 e.